The molecule has 0 spiro atoms. The summed E-state index contributed by atoms with van der Waals surface area (Å²) in [5.41, 5.74) is 0.529. The van der Waals surface area contributed by atoms with Gasteiger partial charge >= 0.3 is 0 Å². The molecule has 4 fully saturated rings. The predicted molar refractivity (Wildman–Crippen MR) is 84.7 cm³/mol. The summed E-state index contributed by atoms with van der Waals surface area (Å²) < 4.78 is 0. The molecule has 0 aliphatic heterocycles. The average molecular weight is 293 g/mol. The molecule has 3 nitrogen and oxygen atoms in total. The summed E-state index contributed by atoms with van der Waals surface area (Å²) in [5.74, 6) is 3.17. The quantitative estimate of drug-likeness (QED) is 0.801. The maximum atomic E-state index is 12.2. The van der Waals surface area contributed by atoms with E-state index in [1.807, 2.05) is 13.8 Å². The van der Waals surface area contributed by atoms with Gasteiger partial charge in [0.15, 0.2) is 6.04 Å². The van der Waals surface area contributed by atoms with Gasteiger partial charge in [0, 0.05) is 11.5 Å². The molecule has 4 saturated carbocycles. The average Bonchev–Trinajstić information content (AvgIpc) is 2.35. The maximum absolute atomic E-state index is 12.2. The van der Waals surface area contributed by atoms with Gasteiger partial charge in [0.25, 0.3) is 5.91 Å². The van der Waals surface area contributed by atoms with Gasteiger partial charge in [-0.25, -0.2) is 0 Å². The fourth-order valence-electron chi connectivity index (χ4n) is 5.88. The molecule has 0 aromatic heterocycles. The number of carbonyl (C=O) groups is 1. The van der Waals surface area contributed by atoms with E-state index in [1.54, 1.807) is 0 Å². The Hall–Kier alpha value is -0.570. The number of rotatable bonds is 5. The molecule has 3 heteroatoms. The molecule has 21 heavy (non-hydrogen) atoms. The highest BCUT2D eigenvalue weighted by Crippen LogP contribution is 2.60. The lowest BCUT2D eigenvalue weighted by Crippen LogP contribution is -2.98. The molecule has 2 atom stereocenters. The lowest BCUT2D eigenvalue weighted by molar-refractivity contribution is -0.719. The van der Waals surface area contributed by atoms with E-state index in [0.717, 1.165) is 17.8 Å². The van der Waals surface area contributed by atoms with Crippen molar-refractivity contribution in [3.63, 3.8) is 0 Å². The highest BCUT2D eigenvalue weighted by Gasteiger charge is 2.54. The molecule has 4 rings (SSSR count). The first-order chi connectivity index (χ1) is 9.88. The minimum Gasteiger partial charge on any atom is -0.349 e. The van der Waals surface area contributed by atoms with Crippen molar-refractivity contribution in [2.75, 3.05) is 0 Å². The summed E-state index contributed by atoms with van der Waals surface area (Å²) in [6.45, 7) is 8.52. The molecule has 0 saturated heterocycles. The Morgan fingerprint density at radius 3 is 1.90 bits per heavy atom. The second-order valence-electron chi connectivity index (χ2n) is 8.71. The van der Waals surface area contributed by atoms with E-state index in [1.165, 1.54) is 38.5 Å². The number of nitrogens with two attached hydrogens (primary N) is 1. The van der Waals surface area contributed by atoms with Crippen molar-refractivity contribution in [2.24, 2.45) is 23.2 Å². The van der Waals surface area contributed by atoms with Crippen molar-refractivity contribution in [3.8, 4) is 0 Å². The van der Waals surface area contributed by atoms with Crippen LogP contribution in [0.5, 0.6) is 0 Å². The summed E-state index contributed by atoms with van der Waals surface area (Å²) in [6, 6.07) is 0.859. The Bertz CT molecular complexity index is 369. The second-order valence-corrected chi connectivity index (χ2v) is 8.71. The molecule has 120 valence electrons. The van der Waals surface area contributed by atoms with Crippen molar-refractivity contribution in [2.45, 2.75) is 84.3 Å². The third-order valence-electron chi connectivity index (χ3n) is 6.47. The molecule has 0 aromatic carbocycles. The minimum atomic E-state index is 0.0374. The van der Waals surface area contributed by atoms with E-state index < -0.39 is 0 Å². The van der Waals surface area contributed by atoms with Crippen LogP contribution in [0.2, 0.25) is 0 Å². The first-order valence-electron chi connectivity index (χ1n) is 9.03. The fraction of sp³-hybridized carbons (Fsp3) is 0.944. The van der Waals surface area contributed by atoms with Crippen LogP contribution in [0.1, 0.15) is 66.2 Å². The monoisotopic (exact) mass is 293 g/mol. The van der Waals surface area contributed by atoms with Crippen LogP contribution >= 0.6 is 0 Å². The van der Waals surface area contributed by atoms with Gasteiger partial charge in [-0.3, -0.25) is 4.79 Å². The number of carbonyl (C=O) groups excluding carboxylic acids is 1. The Morgan fingerprint density at radius 1 is 1.00 bits per heavy atom. The Balaban J connectivity index is 1.62. The zero-order chi connectivity index (χ0) is 15.2. The first kappa shape index (κ1) is 15.3. The van der Waals surface area contributed by atoms with E-state index >= 15 is 0 Å². The standard InChI is InChI=1S/C18H32N2O/c1-11(2)19-17(21)12(3)20-13(4)18-8-14-5-15(9-18)7-16(6-14)10-18/h11-16,20H,5-10H2,1-4H3,(H,19,21)/p+1/t12-,13-,14?,15?,16?,18?/m1/s1. The molecule has 4 bridgehead atoms. The van der Waals surface area contributed by atoms with Crippen molar-refractivity contribution in [1.82, 2.24) is 5.32 Å². The lowest BCUT2D eigenvalue weighted by atomic mass is 9.48. The van der Waals surface area contributed by atoms with Gasteiger partial charge < -0.3 is 10.6 Å². The van der Waals surface area contributed by atoms with Crippen LogP contribution in [0.15, 0.2) is 0 Å². The van der Waals surface area contributed by atoms with Crippen LogP contribution in [0, 0.1) is 23.2 Å². The number of hydrogen-bond donors (Lipinski definition) is 2. The molecule has 3 N–H and O–H groups in total. The molecule has 0 heterocycles. The van der Waals surface area contributed by atoms with Gasteiger partial charge in [-0.2, -0.15) is 0 Å². The molecular weight excluding hydrogens is 260 g/mol. The fourth-order valence-corrected chi connectivity index (χ4v) is 5.88. The van der Waals surface area contributed by atoms with Gasteiger partial charge in [-0.15, -0.1) is 0 Å². The van der Waals surface area contributed by atoms with E-state index in [4.69, 9.17) is 0 Å². The van der Waals surface area contributed by atoms with Crippen LogP contribution in [0.25, 0.3) is 0 Å². The van der Waals surface area contributed by atoms with Crippen molar-refractivity contribution < 1.29 is 10.1 Å². The summed E-state index contributed by atoms with van der Waals surface area (Å²) in [4.78, 5) is 12.2. The van der Waals surface area contributed by atoms with Crippen molar-refractivity contribution in [1.29, 1.82) is 0 Å². The molecule has 0 radical (unpaired) electrons. The zero-order valence-electron chi connectivity index (χ0n) is 14.2. The number of hydrogen-bond acceptors (Lipinski definition) is 1. The van der Waals surface area contributed by atoms with Gasteiger partial charge in [-0.05, 0) is 84.0 Å². The van der Waals surface area contributed by atoms with E-state index in [0.29, 0.717) is 11.5 Å². The van der Waals surface area contributed by atoms with Gasteiger partial charge in [-0.1, -0.05) is 0 Å². The summed E-state index contributed by atoms with van der Waals surface area (Å²) in [7, 11) is 0. The first-order valence-corrected chi connectivity index (χ1v) is 9.03. The molecule has 4 aliphatic carbocycles. The molecular formula is C18H33N2O+. The lowest BCUT2D eigenvalue weighted by Gasteiger charge is -2.58. The smallest absolute Gasteiger partial charge is 0.278 e. The Kier molecular flexibility index (Phi) is 4.06. The highest BCUT2D eigenvalue weighted by molar-refractivity contribution is 5.80. The second kappa shape index (κ2) is 5.57. The van der Waals surface area contributed by atoms with Gasteiger partial charge in [0.05, 0.1) is 6.04 Å². The summed E-state index contributed by atoms with van der Waals surface area (Å²) in [6.07, 6.45) is 8.76. The van der Waals surface area contributed by atoms with Gasteiger partial charge in [0.1, 0.15) is 0 Å². The van der Waals surface area contributed by atoms with Crippen molar-refractivity contribution >= 4 is 5.91 Å². The highest BCUT2D eigenvalue weighted by atomic mass is 16.2. The third-order valence-corrected chi connectivity index (χ3v) is 6.47. The van der Waals surface area contributed by atoms with Crippen LogP contribution in [0.3, 0.4) is 0 Å². The molecule has 4 aliphatic rings. The minimum absolute atomic E-state index is 0.0374. The third kappa shape index (κ3) is 2.99. The number of amides is 1. The normalized spacial score (nSPS) is 40.3. The van der Waals surface area contributed by atoms with Crippen LogP contribution in [-0.4, -0.2) is 24.0 Å². The molecule has 1 amide bonds. The Morgan fingerprint density at radius 2 is 1.48 bits per heavy atom. The number of quaternary nitrogens is 1. The van der Waals surface area contributed by atoms with E-state index in [-0.39, 0.29) is 18.0 Å². The van der Waals surface area contributed by atoms with Crippen molar-refractivity contribution in [3.05, 3.63) is 0 Å². The topological polar surface area (TPSA) is 45.7 Å². The summed E-state index contributed by atoms with van der Waals surface area (Å²) in [5, 5.41) is 5.40. The SMILES string of the molecule is CC(C)NC(=O)[C@@H](C)[NH2+][C@H](C)C12CC3CC(CC(C3)C1)C2. The summed E-state index contributed by atoms with van der Waals surface area (Å²) >= 11 is 0. The van der Waals surface area contributed by atoms with Crippen LogP contribution in [0.4, 0.5) is 0 Å². The van der Waals surface area contributed by atoms with Crippen LogP contribution in [-0.2, 0) is 4.79 Å². The zero-order valence-corrected chi connectivity index (χ0v) is 14.2. The number of nitrogens with one attached hydrogen (secondary N) is 1. The van der Waals surface area contributed by atoms with Crippen LogP contribution < -0.4 is 10.6 Å². The molecule has 0 aromatic rings. The maximum Gasteiger partial charge on any atom is 0.278 e. The van der Waals surface area contributed by atoms with E-state index in [9.17, 15) is 4.79 Å². The largest absolute Gasteiger partial charge is 0.349 e. The van der Waals surface area contributed by atoms with E-state index in [2.05, 4.69) is 24.5 Å². The molecule has 0 unspecified atom stereocenters. The van der Waals surface area contributed by atoms with Gasteiger partial charge in [0.2, 0.25) is 0 Å². The predicted octanol–water partition coefficient (Wildman–Crippen LogP) is 2.07. The Labute approximate surface area is 129 Å².